The van der Waals surface area contributed by atoms with E-state index in [2.05, 4.69) is 20.8 Å². The van der Waals surface area contributed by atoms with Crippen LogP contribution in [0, 0.1) is 23.2 Å². The van der Waals surface area contributed by atoms with Crippen LogP contribution in [0.4, 0.5) is 0 Å². The number of hydrogen-bond donors (Lipinski definition) is 0. The summed E-state index contributed by atoms with van der Waals surface area (Å²) in [4.78, 5) is 0. The molecule has 0 aromatic rings. The van der Waals surface area contributed by atoms with Gasteiger partial charge in [0.05, 0.1) is 0 Å². The summed E-state index contributed by atoms with van der Waals surface area (Å²) in [7, 11) is 0. The molecule has 0 saturated heterocycles. The van der Waals surface area contributed by atoms with Crippen molar-refractivity contribution in [2.75, 3.05) is 0 Å². The van der Waals surface area contributed by atoms with Crippen LogP contribution >= 0.6 is 0 Å². The molecule has 11 heavy (non-hydrogen) atoms. The predicted molar refractivity (Wildman–Crippen MR) is 48.4 cm³/mol. The second kappa shape index (κ2) is 2.24. The molecule has 0 amide bonds. The molecule has 4 unspecified atom stereocenters. The van der Waals surface area contributed by atoms with E-state index in [1.807, 2.05) is 0 Å². The van der Waals surface area contributed by atoms with Gasteiger partial charge in [0.15, 0.2) is 0 Å². The summed E-state index contributed by atoms with van der Waals surface area (Å²) in [6, 6.07) is 0. The number of fused-ring (bicyclic) bond motifs is 1. The van der Waals surface area contributed by atoms with Crippen molar-refractivity contribution in [3.05, 3.63) is 0 Å². The minimum Gasteiger partial charge on any atom is -0.0622 e. The van der Waals surface area contributed by atoms with Gasteiger partial charge in [0, 0.05) is 0 Å². The summed E-state index contributed by atoms with van der Waals surface area (Å²) in [5, 5.41) is 0. The highest BCUT2D eigenvalue weighted by Crippen LogP contribution is 2.57. The number of rotatable bonds is 0. The topological polar surface area (TPSA) is 0 Å². The van der Waals surface area contributed by atoms with Crippen molar-refractivity contribution in [1.29, 1.82) is 0 Å². The standard InChI is InChI=1S/C11H20/c1-8-6-10-4-5-11(10,3)7-9(8)2/h8-10H,4-7H2,1-3H3. The van der Waals surface area contributed by atoms with Gasteiger partial charge in [-0.2, -0.15) is 0 Å². The van der Waals surface area contributed by atoms with Gasteiger partial charge in [0.2, 0.25) is 0 Å². The van der Waals surface area contributed by atoms with Crippen molar-refractivity contribution in [3.8, 4) is 0 Å². The molecule has 2 rings (SSSR count). The van der Waals surface area contributed by atoms with Gasteiger partial charge in [-0.3, -0.25) is 0 Å². The van der Waals surface area contributed by atoms with E-state index in [0.717, 1.165) is 23.2 Å². The molecule has 4 atom stereocenters. The van der Waals surface area contributed by atoms with Crippen LogP contribution in [0.2, 0.25) is 0 Å². The molecule has 0 aromatic carbocycles. The van der Waals surface area contributed by atoms with E-state index in [0.29, 0.717) is 0 Å². The summed E-state index contributed by atoms with van der Waals surface area (Å²) < 4.78 is 0. The molecule has 0 spiro atoms. The maximum Gasteiger partial charge on any atom is -0.0295 e. The van der Waals surface area contributed by atoms with Gasteiger partial charge >= 0.3 is 0 Å². The lowest BCUT2D eigenvalue weighted by Gasteiger charge is -2.54. The zero-order valence-corrected chi connectivity index (χ0v) is 8.06. The van der Waals surface area contributed by atoms with Crippen molar-refractivity contribution in [2.45, 2.75) is 46.5 Å². The molecular formula is C11H20. The first-order chi connectivity index (χ1) is 5.12. The van der Waals surface area contributed by atoms with Crippen LogP contribution in [0.25, 0.3) is 0 Å². The van der Waals surface area contributed by atoms with Crippen molar-refractivity contribution in [2.24, 2.45) is 23.2 Å². The summed E-state index contributed by atoms with van der Waals surface area (Å²) in [6.45, 7) is 7.37. The lowest BCUT2D eigenvalue weighted by Crippen LogP contribution is -2.44. The first kappa shape index (κ1) is 7.64. The van der Waals surface area contributed by atoms with Crippen LogP contribution in [-0.4, -0.2) is 0 Å². The van der Waals surface area contributed by atoms with E-state index >= 15 is 0 Å². The molecule has 0 N–H and O–H groups in total. The lowest BCUT2D eigenvalue weighted by molar-refractivity contribution is -0.0408. The normalized spacial score (nSPS) is 56.5. The highest BCUT2D eigenvalue weighted by atomic mass is 14.5. The summed E-state index contributed by atoms with van der Waals surface area (Å²) >= 11 is 0. The van der Waals surface area contributed by atoms with E-state index in [9.17, 15) is 0 Å². The lowest BCUT2D eigenvalue weighted by atomic mass is 9.51. The monoisotopic (exact) mass is 152 g/mol. The maximum atomic E-state index is 2.50. The van der Waals surface area contributed by atoms with E-state index in [1.165, 1.54) is 25.7 Å². The van der Waals surface area contributed by atoms with Crippen molar-refractivity contribution < 1.29 is 0 Å². The highest BCUT2D eigenvalue weighted by molar-refractivity contribution is 4.97. The molecule has 2 fully saturated rings. The molecule has 2 aliphatic rings. The zero-order chi connectivity index (χ0) is 8.06. The summed E-state index contributed by atoms with van der Waals surface area (Å²) in [5.41, 5.74) is 0.770. The Morgan fingerprint density at radius 3 is 2.36 bits per heavy atom. The minimum atomic E-state index is 0.770. The molecule has 2 aliphatic carbocycles. The van der Waals surface area contributed by atoms with E-state index in [4.69, 9.17) is 0 Å². The Morgan fingerprint density at radius 1 is 1.18 bits per heavy atom. The fourth-order valence-corrected chi connectivity index (χ4v) is 3.13. The van der Waals surface area contributed by atoms with Crippen LogP contribution < -0.4 is 0 Å². The Hall–Kier alpha value is 0. The quantitative estimate of drug-likeness (QED) is 0.498. The fraction of sp³-hybridized carbons (Fsp3) is 1.00. The molecule has 0 bridgehead atoms. The van der Waals surface area contributed by atoms with Crippen molar-refractivity contribution in [1.82, 2.24) is 0 Å². The van der Waals surface area contributed by atoms with Crippen LogP contribution in [0.1, 0.15) is 46.5 Å². The SMILES string of the molecule is CC1CC2CCC2(C)CC1C. The molecule has 0 aromatic heterocycles. The Labute approximate surface area is 70.4 Å². The second-order valence-electron chi connectivity index (χ2n) is 5.28. The molecule has 0 heteroatoms. The van der Waals surface area contributed by atoms with Crippen LogP contribution in [0.3, 0.4) is 0 Å². The second-order valence-corrected chi connectivity index (χ2v) is 5.28. The molecule has 0 heterocycles. The Kier molecular flexibility index (Phi) is 1.56. The van der Waals surface area contributed by atoms with Gasteiger partial charge in [-0.05, 0) is 48.9 Å². The molecule has 2 saturated carbocycles. The third-order valence-electron chi connectivity index (χ3n) is 4.47. The summed E-state index contributed by atoms with van der Waals surface area (Å²) in [6.07, 6.45) is 6.04. The van der Waals surface area contributed by atoms with Crippen LogP contribution in [-0.2, 0) is 0 Å². The Bertz CT molecular complexity index is 161. The van der Waals surface area contributed by atoms with E-state index in [-0.39, 0.29) is 0 Å². The Balaban J connectivity index is 2.07. The van der Waals surface area contributed by atoms with Gasteiger partial charge in [-0.15, -0.1) is 0 Å². The smallest absolute Gasteiger partial charge is 0.0295 e. The summed E-state index contributed by atoms with van der Waals surface area (Å²) in [5.74, 6) is 3.07. The predicted octanol–water partition coefficient (Wildman–Crippen LogP) is 3.47. The van der Waals surface area contributed by atoms with Gasteiger partial charge in [0.25, 0.3) is 0 Å². The van der Waals surface area contributed by atoms with Crippen LogP contribution in [0.15, 0.2) is 0 Å². The largest absolute Gasteiger partial charge is 0.0622 e. The first-order valence-corrected chi connectivity index (χ1v) is 5.12. The Morgan fingerprint density at radius 2 is 1.91 bits per heavy atom. The van der Waals surface area contributed by atoms with Gasteiger partial charge in [-0.25, -0.2) is 0 Å². The van der Waals surface area contributed by atoms with Crippen LogP contribution in [0.5, 0.6) is 0 Å². The maximum absolute atomic E-state index is 2.50. The average Bonchev–Trinajstić information content (AvgIpc) is 1.95. The third-order valence-corrected chi connectivity index (χ3v) is 4.47. The number of hydrogen-bond acceptors (Lipinski definition) is 0. The minimum absolute atomic E-state index is 0.770. The molecular weight excluding hydrogens is 132 g/mol. The van der Waals surface area contributed by atoms with Crippen molar-refractivity contribution in [3.63, 3.8) is 0 Å². The van der Waals surface area contributed by atoms with Crippen molar-refractivity contribution >= 4 is 0 Å². The van der Waals surface area contributed by atoms with E-state index in [1.54, 1.807) is 0 Å². The molecule has 0 aliphatic heterocycles. The zero-order valence-electron chi connectivity index (χ0n) is 8.06. The molecule has 0 radical (unpaired) electrons. The molecule has 64 valence electrons. The first-order valence-electron chi connectivity index (χ1n) is 5.12. The van der Waals surface area contributed by atoms with Gasteiger partial charge in [0.1, 0.15) is 0 Å². The van der Waals surface area contributed by atoms with E-state index < -0.39 is 0 Å². The third kappa shape index (κ3) is 1.02. The highest BCUT2D eigenvalue weighted by Gasteiger charge is 2.47. The fourth-order valence-electron chi connectivity index (χ4n) is 3.13. The van der Waals surface area contributed by atoms with Gasteiger partial charge < -0.3 is 0 Å². The molecule has 0 nitrogen and oxygen atoms in total. The average molecular weight is 152 g/mol. The van der Waals surface area contributed by atoms with Gasteiger partial charge in [-0.1, -0.05) is 20.8 Å².